The van der Waals surface area contributed by atoms with E-state index in [2.05, 4.69) is 10.2 Å². The van der Waals surface area contributed by atoms with Crippen molar-refractivity contribution in [3.05, 3.63) is 41.0 Å². The Morgan fingerprint density at radius 1 is 1.38 bits per heavy atom. The van der Waals surface area contributed by atoms with E-state index >= 15 is 0 Å². The number of carbonyl (C=O) groups excluding carboxylic acids is 1. The minimum absolute atomic E-state index is 0.00307. The summed E-state index contributed by atoms with van der Waals surface area (Å²) in [4.78, 5) is 12.5. The zero-order chi connectivity index (χ0) is 15.0. The molecule has 6 nitrogen and oxygen atoms in total. The molecule has 21 heavy (non-hydrogen) atoms. The first-order chi connectivity index (χ1) is 9.99. The molecular formula is C13H12ClN3O3S. The van der Waals surface area contributed by atoms with Gasteiger partial charge >= 0.3 is 0 Å². The van der Waals surface area contributed by atoms with Crippen LogP contribution < -0.4 is 0 Å². The molecule has 2 aromatic rings. The lowest BCUT2D eigenvalue weighted by Gasteiger charge is -2.14. The molecule has 1 aliphatic rings. The average Bonchev–Trinajstić information content (AvgIpc) is 3.04. The maximum Gasteiger partial charge on any atom is 0.271 e. The number of sulfonamides is 1. The van der Waals surface area contributed by atoms with Gasteiger partial charge in [0.05, 0.1) is 23.2 Å². The summed E-state index contributed by atoms with van der Waals surface area (Å²) in [5.41, 5.74) is 1.37. The van der Waals surface area contributed by atoms with Crippen molar-refractivity contribution in [3.63, 3.8) is 0 Å². The minimum atomic E-state index is -3.50. The second kappa shape index (κ2) is 5.16. The molecule has 8 heteroatoms. The van der Waals surface area contributed by atoms with Gasteiger partial charge in [0.1, 0.15) is 0 Å². The van der Waals surface area contributed by atoms with Gasteiger partial charge in [0.15, 0.2) is 0 Å². The summed E-state index contributed by atoms with van der Waals surface area (Å²) >= 11 is 5.94. The third kappa shape index (κ3) is 2.54. The predicted octanol–water partition coefficient (Wildman–Crippen LogP) is 1.91. The van der Waals surface area contributed by atoms with Crippen LogP contribution in [0.25, 0.3) is 11.3 Å². The van der Waals surface area contributed by atoms with Crippen LogP contribution in [0.15, 0.2) is 30.5 Å². The maximum absolute atomic E-state index is 12.5. The molecule has 0 bridgehead atoms. The first kappa shape index (κ1) is 14.1. The summed E-state index contributed by atoms with van der Waals surface area (Å²) < 4.78 is 24.6. The highest BCUT2D eigenvalue weighted by Crippen LogP contribution is 2.26. The van der Waals surface area contributed by atoms with E-state index in [0.29, 0.717) is 22.7 Å². The van der Waals surface area contributed by atoms with Gasteiger partial charge in [-0.2, -0.15) is 5.10 Å². The Morgan fingerprint density at radius 2 is 2.19 bits per heavy atom. The molecule has 1 aromatic carbocycles. The molecule has 0 unspecified atom stereocenters. The highest BCUT2D eigenvalue weighted by Gasteiger charge is 2.34. The lowest BCUT2D eigenvalue weighted by Crippen LogP contribution is -2.32. The molecule has 0 atom stereocenters. The number of benzene rings is 1. The summed E-state index contributed by atoms with van der Waals surface area (Å²) in [6.07, 6.45) is 1.80. The van der Waals surface area contributed by atoms with Crippen LogP contribution in [0.5, 0.6) is 0 Å². The number of aromatic amines is 1. The largest absolute Gasteiger partial charge is 0.277 e. The Kier molecular flexibility index (Phi) is 3.46. The van der Waals surface area contributed by atoms with Crippen molar-refractivity contribution in [1.82, 2.24) is 14.5 Å². The maximum atomic E-state index is 12.5. The minimum Gasteiger partial charge on any atom is -0.277 e. The van der Waals surface area contributed by atoms with E-state index in [4.69, 9.17) is 11.6 Å². The van der Waals surface area contributed by atoms with Crippen molar-refractivity contribution in [2.24, 2.45) is 0 Å². The fourth-order valence-corrected chi connectivity index (χ4v) is 3.98. The number of amides is 1. The van der Waals surface area contributed by atoms with Crippen LogP contribution in [0.3, 0.4) is 0 Å². The van der Waals surface area contributed by atoms with Crippen molar-refractivity contribution in [2.75, 3.05) is 12.3 Å². The third-order valence-corrected chi connectivity index (χ3v) is 5.37. The van der Waals surface area contributed by atoms with E-state index in [9.17, 15) is 13.2 Å². The molecule has 0 radical (unpaired) electrons. The molecule has 1 saturated heterocycles. The first-order valence-electron chi connectivity index (χ1n) is 6.33. The SMILES string of the molecule is O=C(c1cn[nH]c1-c1cccc(Cl)c1)N1CCCS1(=O)=O. The van der Waals surface area contributed by atoms with Crippen LogP contribution in [0.1, 0.15) is 16.8 Å². The zero-order valence-electron chi connectivity index (χ0n) is 10.9. The predicted molar refractivity (Wildman–Crippen MR) is 78.5 cm³/mol. The summed E-state index contributed by atoms with van der Waals surface area (Å²) in [5.74, 6) is -0.556. The van der Waals surface area contributed by atoms with Gasteiger partial charge in [-0.3, -0.25) is 9.89 Å². The van der Waals surface area contributed by atoms with Crippen LogP contribution in [0, 0.1) is 0 Å². The Labute approximate surface area is 126 Å². The van der Waals surface area contributed by atoms with Crippen LogP contribution in [0.2, 0.25) is 5.02 Å². The second-order valence-electron chi connectivity index (χ2n) is 4.72. The summed E-state index contributed by atoms with van der Waals surface area (Å²) in [7, 11) is -3.50. The van der Waals surface area contributed by atoms with Gasteiger partial charge in [0.2, 0.25) is 10.0 Å². The van der Waals surface area contributed by atoms with Crippen LogP contribution in [0.4, 0.5) is 0 Å². The number of aromatic nitrogens is 2. The van der Waals surface area contributed by atoms with E-state index in [1.165, 1.54) is 6.20 Å². The first-order valence-corrected chi connectivity index (χ1v) is 8.32. The van der Waals surface area contributed by atoms with Gasteiger partial charge in [-0.05, 0) is 18.6 Å². The fourth-order valence-electron chi connectivity index (χ4n) is 2.31. The van der Waals surface area contributed by atoms with E-state index in [1.807, 2.05) is 0 Å². The number of hydrogen-bond acceptors (Lipinski definition) is 4. The number of carbonyl (C=O) groups is 1. The molecule has 2 heterocycles. The molecule has 1 N–H and O–H groups in total. The van der Waals surface area contributed by atoms with Crippen molar-refractivity contribution < 1.29 is 13.2 Å². The summed E-state index contributed by atoms with van der Waals surface area (Å²) in [6.45, 7) is 0.210. The summed E-state index contributed by atoms with van der Waals surface area (Å²) in [6, 6.07) is 6.92. The lowest BCUT2D eigenvalue weighted by atomic mass is 10.1. The fraction of sp³-hybridized carbons (Fsp3) is 0.231. The summed E-state index contributed by atoms with van der Waals surface area (Å²) in [5, 5.41) is 7.11. The molecule has 1 aliphatic heterocycles. The molecule has 1 aromatic heterocycles. The van der Waals surface area contributed by atoms with Crippen molar-refractivity contribution >= 4 is 27.5 Å². The molecule has 1 amide bonds. The Hall–Kier alpha value is -1.86. The quantitative estimate of drug-likeness (QED) is 0.914. The molecule has 0 spiro atoms. The third-order valence-electron chi connectivity index (χ3n) is 3.31. The van der Waals surface area contributed by atoms with Crippen LogP contribution >= 0.6 is 11.6 Å². The number of hydrogen-bond donors (Lipinski definition) is 1. The van der Waals surface area contributed by atoms with Gasteiger partial charge in [-0.15, -0.1) is 0 Å². The number of nitrogens with one attached hydrogen (secondary N) is 1. The van der Waals surface area contributed by atoms with Gasteiger partial charge in [-0.1, -0.05) is 23.7 Å². The topological polar surface area (TPSA) is 83.1 Å². The van der Waals surface area contributed by atoms with Gasteiger partial charge in [0.25, 0.3) is 5.91 Å². The van der Waals surface area contributed by atoms with E-state index in [0.717, 1.165) is 4.31 Å². The normalized spacial score (nSPS) is 17.1. The molecule has 110 valence electrons. The molecule has 1 fully saturated rings. The van der Waals surface area contributed by atoms with Crippen molar-refractivity contribution in [1.29, 1.82) is 0 Å². The standard InChI is InChI=1S/C13H12ClN3O3S/c14-10-4-1-3-9(7-10)12-11(8-15-16-12)13(18)17-5-2-6-21(17,19)20/h1,3-4,7-8H,2,5-6H2,(H,15,16). The Balaban J connectivity index is 2.02. The zero-order valence-corrected chi connectivity index (χ0v) is 12.5. The van der Waals surface area contributed by atoms with E-state index in [-0.39, 0.29) is 17.9 Å². The van der Waals surface area contributed by atoms with Gasteiger partial charge < -0.3 is 0 Å². The van der Waals surface area contributed by atoms with E-state index in [1.54, 1.807) is 24.3 Å². The van der Waals surface area contributed by atoms with E-state index < -0.39 is 15.9 Å². The smallest absolute Gasteiger partial charge is 0.271 e. The molecule has 3 rings (SSSR count). The van der Waals surface area contributed by atoms with Crippen LogP contribution in [-0.4, -0.2) is 41.1 Å². The number of rotatable bonds is 2. The average molecular weight is 326 g/mol. The van der Waals surface area contributed by atoms with Gasteiger partial charge in [-0.25, -0.2) is 12.7 Å². The highest BCUT2D eigenvalue weighted by molar-refractivity contribution is 7.89. The number of nitrogens with zero attached hydrogens (tertiary/aromatic N) is 2. The van der Waals surface area contributed by atoms with Crippen molar-refractivity contribution in [2.45, 2.75) is 6.42 Å². The lowest BCUT2D eigenvalue weighted by molar-refractivity contribution is 0.0870. The molecule has 0 aliphatic carbocycles. The number of H-pyrrole nitrogens is 1. The Bertz CT molecular complexity index is 800. The molecule has 0 saturated carbocycles. The second-order valence-corrected chi connectivity index (χ2v) is 7.17. The van der Waals surface area contributed by atoms with Crippen LogP contribution in [-0.2, 0) is 10.0 Å². The Morgan fingerprint density at radius 3 is 2.86 bits per heavy atom. The highest BCUT2D eigenvalue weighted by atomic mass is 35.5. The van der Waals surface area contributed by atoms with Crippen molar-refractivity contribution in [3.8, 4) is 11.3 Å². The monoisotopic (exact) mass is 325 g/mol. The molecular weight excluding hydrogens is 314 g/mol. The van der Waals surface area contributed by atoms with Gasteiger partial charge in [0, 0.05) is 17.1 Å². The number of halogens is 1.